The van der Waals surface area contributed by atoms with Gasteiger partial charge in [0.1, 0.15) is 9.92 Å². The Morgan fingerprint density at radius 3 is 2.44 bits per heavy atom. The summed E-state index contributed by atoms with van der Waals surface area (Å²) in [6.07, 6.45) is 0.802. The highest BCUT2D eigenvalue weighted by molar-refractivity contribution is 7.90. The largest absolute Gasteiger partial charge is 0.290 e. The first kappa shape index (κ1) is 19.5. The maximum Gasteiger partial charge on any atom is 0.290 e. The highest BCUT2D eigenvalue weighted by Crippen LogP contribution is 2.49. The van der Waals surface area contributed by atoms with Gasteiger partial charge in [0.05, 0.1) is 16.4 Å². The molecule has 1 aliphatic rings. The SMILES string of the molecule is O=C(NS(=O)(=O)c1cc(Cl)c([N+](=O)[O-])cc1F)C1(c2cccc(Cl)c2)CC1. The van der Waals surface area contributed by atoms with Gasteiger partial charge < -0.3 is 0 Å². The van der Waals surface area contributed by atoms with Crippen molar-refractivity contribution in [1.82, 2.24) is 4.72 Å². The van der Waals surface area contributed by atoms with Crippen LogP contribution in [-0.4, -0.2) is 19.2 Å². The molecule has 142 valence electrons. The predicted molar refractivity (Wildman–Crippen MR) is 95.8 cm³/mol. The molecule has 1 N–H and O–H groups in total. The van der Waals surface area contributed by atoms with E-state index >= 15 is 0 Å². The molecular weight excluding hydrogens is 422 g/mol. The van der Waals surface area contributed by atoms with Gasteiger partial charge in [0.15, 0.2) is 5.82 Å². The second kappa shape index (κ2) is 6.74. The molecule has 1 saturated carbocycles. The third-order valence-electron chi connectivity index (χ3n) is 4.28. The zero-order chi connectivity index (χ0) is 20.0. The van der Waals surface area contributed by atoms with Crippen LogP contribution >= 0.6 is 23.2 Å². The molecule has 0 unspecified atom stereocenters. The highest BCUT2D eigenvalue weighted by Gasteiger charge is 2.52. The van der Waals surface area contributed by atoms with Crippen LogP contribution in [0.2, 0.25) is 10.0 Å². The first-order valence-electron chi connectivity index (χ1n) is 7.53. The molecule has 0 heterocycles. The van der Waals surface area contributed by atoms with Gasteiger partial charge in [-0.15, -0.1) is 0 Å². The third kappa shape index (κ3) is 3.62. The summed E-state index contributed by atoms with van der Waals surface area (Å²) < 4.78 is 40.8. The molecule has 0 spiro atoms. The summed E-state index contributed by atoms with van der Waals surface area (Å²) in [5.41, 5.74) is -1.30. The number of halogens is 3. The number of amides is 1. The maximum absolute atomic E-state index is 14.1. The number of benzene rings is 2. The Hall–Kier alpha value is -2.23. The van der Waals surface area contributed by atoms with E-state index in [1.165, 1.54) is 0 Å². The lowest BCUT2D eigenvalue weighted by Crippen LogP contribution is -2.39. The number of hydrogen-bond acceptors (Lipinski definition) is 5. The topological polar surface area (TPSA) is 106 Å². The lowest BCUT2D eigenvalue weighted by molar-refractivity contribution is -0.384. The summed E-state index contributed by atoms with van der Waals surface area (Å²) in [6, 6.07) is 7.45. The first-order valence-corrected chi connectivity index (χ1v) is 9.77. The number of carbonyl (C=O) groups is 1. The summed E-state index contributed by atoms with van der Waals surface area (Å²) >= 11 is 11.6. The van der Waals surface area contributed by atoms with Crippen LogP contribution in [0.1, 0.15) is 18.4 Å². The molecule has 1 aliphatic carbocycles. The summed E-state index contributed by atoms with van der Waals surface area (Å²) in [7, 11) is -4.63. The molecule has 0 atom stereocenters. The highest BCUT2D eigenvalue weighted by atomic mass is 35.5. The molecule has 0 aromatic heterocycles. The number of carbonyl (C=O) groups excluding carboxylic acids is 1. The fourth-order valence-corrected chi connectivity index (χ4v) is 4.32. The van der Waals surface area contributed by atoms with E-state index in [-0.39, 0.29) is 0 Å². The summed E-state index contributed by atoms with van der Waals surface area (Å²) in [6.45, 7) is 0. The smallest absolute Gasteiger partial charge is 0.273 e. The van der Waals surface area contributed by atoms with Gasteiger partial charge >= 0.3 is 0 Å². The maximum atomic E-state index is 14.1. The molecule has 2 aromatic rings. The molecular formula is C16H11Cl2FN2O5S. The molecule has 3 rings (SSSR count). The van der Waals surface area contributed by atoms with E-state index in [4.69, 9.17) is 23.2 Å². The van der Waals surface area contributed by atoms with Gasteiger partial charge in [-0.05, 0) is 36.6 Å². The third-order valence-corrected chi connectivity index (χ3v) is 6.16. The molecule has 1 amide bonds. The van der Waals surface area contributed by atoms with Gasteiger partial charge in [-0.2, -0.15) is 0 Å². The number of sulfonamides is 1. The van der Waals surface area contributed by atoms with Crippen molar-refractivity contribution in [3.63, 3.8) is 0 Å². The minimum atomic E-state index is -4.63. The van der Waals surface area contributed by atoms with Gasteiger partial charge in [0.2, 0.25) is 5.91 Å². The normalized spacial score (nSPS) is 15.2. The van der Waals surface area contributed by atoms with E-state index in [0.29, 0.717) is 35.6 Å². The van der Waals surface area contributed by atoms with Crippen molar-refractivity contribution in [2.75, 3.05) is 0 Å². The zero-order valence-corrected chi connectivity index (χ0v) is 15.7. The fourth-order valence-electron chi connectivity index (χ4n) is 2.70. The van der Waals surface area contributed by atoms with Crippen LogP contribution in [0.3, 0.4) is 0 Å². The number of rotatable bonds is 5. The molecule has 0 radical (unpaired) electrons. The van der Waals surface area contributed by atoms with Gasteiger partial charge in [-0.3, -0.25) is 14.9 Å². The van der Waals surface area contributed by atoms with Crippen molar-refractivity contribution >= 4 is 44.8 Å². The Balaban J connectivity index is 1.92. The molecule has 0 saturated heterocycles. The lowest BCUT2D eigenvalue weighted by atomic mass is 9.95. The predicted octanol–water partition coefficient (Wildman–Crippen LogP) is 3.58. The number of nitrogens with one attached hydrogen (secondary N) is 1. The Labute approximate surface area is 163 Å². The van der Waals surface area contributed by atoms with Gasteiger partial charge in [0, 0.05) is 5.02 Å². The molecule has 11 heteroatoms. The summed E-state index contributed by atoms with van der Waals surface area (Å²) in [5, 5.41) is 10.6. The number of hydrogen-bond donors (Lipinski definition) is 1. The zero-order valence-electron chi connectivity index (χ0n) is 13.4. The molecule has 27 heavy (non-hydrogen) atoms. The Kier molecular flexibility index (Phi) is 4.87. The number of nitro groups is 1. The van der Waals surface area contributed by atoms with Gasteiger partial charge in [-0.25, -0.2) is 17.5 Å². The van der Waals surface area contributed by atoms with Crippen LogP contribution in [0.5, 0.6) is 0 Å². The molecule has 0 aliphatic heterocycles. The van der Waals surface area contributed by atoms with E-state index in [0.717, 1.165) is 0 Å². The van der Waals surface area contributed by atoms with Crippen LogP contribution in [0.15, 0.2) is 41.3 Å². The summed E-state index contributed by atoms with van der Waals surface area (Å²) in [4.78, 5) is 21.5. The van der Waals surface area contributed by atoms with Crippen LogP contribution in [0.4, 0.5) is 10.1 Å². The van der Waals surface area contributed by atoms with Crippen LogP contribution in [0, 0.1) is 15.9 Å². The number of nitrogens with zero attached hydrogens (tertiary/aromatic N) is 1. The van der Waals surface area contributed by atoms with Crippen LogP contribution in [0.25, 0.3) is 0 Å². The molecule has 1 fully saturated rings. The quantitative estimate of drug-likeness (QED) is 0.573. The fraction of sp³-hybridized carbons (Fsp3) is 0.188. The van der Waals surface area contributed by atoms with Gasteiger partial charge in [0.25, 0.3) is 15.7 Å². The Bertz CT molecular complexity index is 1070. The van der Waals surface area contributed by atoms with Crippen molar-refractivity contribution in [1.29, 1.82) is 0 Å². The Morgan fingerprint density at radius 2 is 1.89 bits per heavy atom. The van der Waals surface area contributed by atoms with E-state index < -0.39 is 47.7 Å². The Morgan fingerprint density at radius 1 is 1.22 bits per heavy atom. The van der Waals surface area contributed by atoms with Gasteiger partial charge in [-0.1, -0.05) is 35.3 Å². The van der Waals surface area contributed by atoms with E-state index in [1.54, 1.807) is 24.3 Å². The standard InChI is InChI=1S/C16H11Cl2FN2O5S/c17-10-3-1-2-9(6-10)16(4-5-16)15(22)20-27(25,26)14-7-11(18)13(21(23)24)8-12(14)19/h1-3,6-8H,4-5H2,(H,20,22). The van der Waals surface area contributed by atoms with Crippen molar-refractivity contribution in [2.24, 2.45) is 0 Å². The molecule has 2 aromatic carbocycles. The molecule has 7 nitrogen and oxygen atoms in total. The molecule has 0 bridgehead atoms. The second-order valence-electron chi connectivity index (χ2n) is 6.02. The van der Waals surface area contributed by atoms with Crippen molar-refractivity contribution < 1.29 is 22.5 Å². The average Bonchev–Trinajstić information content (AvgIpc) is 3.38. The van der Waals surface area contributed by atoms with E-state index in [9.17, 15) is 27.7 Å². The minimum Gasteiger partial charge on any atom is -0.273 e. The second-order valence-corrected chi connectivity index (χ2v) is 8.51. The van der Waals surface area contributed by atoms with E-state index in [2.05, 4.69) is 0 Å². The van der Waals surface area contributed by atoms with E-state index in [1.807, 2.05) is 4.72 Å². The first-order chi connectivity index (χ1) is 12.6. The van der Waals surface area contributed by atoms with Crippen LogP contribution in [-0.2, 0) is 20.2 Å². The van der Waals surface area contributed by atoms with Crippen molar-refractivity contribution in [3.05, 3.63) is 67.9 Å². The van der Waals surface area contributed by atoms with Crippen molar-refractivity contribution in [3.8, 4) is 0 Å². The lowest BCUT2D eigenvalue weighted by Gasteiger charge is -2.16. The number of nitro benzene ring substituents is 1. The average molecular weight is 433 g/mol. The van der Waals surface area contributed by atoms with Crippen LogP contribution < -0.4 is 4.72 Å². The monoisotopic (exact) mass is 432 g/mol. The summed E-state index contributed by atoms with van der Waals surface area (Å²) in [5.74, 6) is -2.22. The van der Waals surface area contributed by atoms with Crippen molar-refractivity contribution in [2.45, 2.75) is 23.2 Å². The minimum absolute atomic E-state index is 0.391.